The van der Waals surface area contributed by atoms with E-state index in [4.69, 9.17) is 0 Å². The van der Waals surface area contributed by atoms with Crippen LogP contribution in [0.2, 0.25) is 0 Å². The molecule has 0 aromatic heterocycles. The fourth-order valence-corrected chi connectivity index (χ4v) is 1.83. The summed E-state index contributed by atoms with van der Waals surface area (Å²) in [4.78, 5) is 2.63. The zero-order valence-electron chi connectivity index (χ0n) is 9.34. The van der Waals surface area contributed by atoms with Crippen LogP contribution in [0.15, 0.2) is 0 Å². The molecule has 1 unspecified atom stereocenters. The van der Waals surface area contributed by atoms with E-state index in [-0.39, 0.29) is 0 Å². The summed E-state index contributed by atoms with van der Waals surface area (Å²) in [7, 11) is 0. The van der Waals surface area contributed by atoms with Crippen molar-refractivity contribution in [3.63, 3.8) is 0 Å². The molecular weight excluding hydrogens is 160 g/mol. The summed E-state index contributed by atoms with van der Waals surface area (Å²) < 4.78 is 0. The molecule has 1 atom stereocenters. The predicted molar refractivity (Wildman–Crippen MR) is 58.0 cm³/mol. The van der Waals surface area contributed by atoms with Crippen LogP contribution in [-0.4, -0.2) is 37.1 Å². The minimum absolute atomic E-state index is 0.792. The van der Waals surface area contributed by atoms with Crippen molar-refractivity contribution < 1.29 is 0 Å². The molecule has 0 aromatic rings. The molecule has 0 aliphatic heterocycles. The molecule has 0 saturated heterocycles. The Morgan fingerprint density at radius 1 is 1.38 bits per heavy atom. The molecule has 0 spiro atoms. The first-order valence-corrected chi connectivity index (χ1v) is 5.72. The molecule has 1 N–H and O–H groups in total. The van der Waals surface area contributed by atoms with Crippen molar-refractivity contribution in [2.24, 2.45) is 5.92 Å². The molecule has 0 amide bonds. The van der Waals surface area contributed by atoms with E-state index in [1.165, 1.54) is 32.5 Å². The highest BCUT2D eigenvalue weighted by Crippen LogP contribution is 2.26. The number of nitrogens with one attached hydrogen (secondary N) is 1. The van der Waals surface area contributed by atoms with Gasteiger partial charge in [-0.15, -0.1) is 0 Å². The summed E-state index contributed by atoms with van der Waals surface area (Å²) in [5.74, 6) is 0.792. The first-order valence-electron chi connectivity index (χ1n) is 5.72. The van der Waals surface area contributed by atoms with Crippen LogP contribution in [-0.2, 0) is 0 Å². The Labute approximate surface area is 82.7 Å². The maximum atomic E-state index is 3.41. The van der Waals surface area contributed by atoms with Crippen molar-refractivity contribution >= 4 is 0 Å². The van der Waals surface area contributed by atoms with E-state index in [1.54, 1.807) is 0 Å². The summed E-state index contributed by atoms with van der Waals surface area (Å²) in [5.41, 5.74) is 0. The second-order valence-corrected chi connectivity index (χ2v) is 4.23. The second kappa shape index (κ2) is 5.61. The highest BCUT2D eigenvalue weighted by molar-refractivity contribution is 4.84. The molecule has 78 valence electrons. The highest BCUT2D eigenvalue weighted by atomic mass is 15.2. The molecule has 0 aromatic carbocycles. The van der Waals surface area contributed by atoms with Crippen molar-refractivity contribution in [2.75, 3.05) is 26.2 Å². The maximum Gasteiger partial charge on any atom is 0.00964 e. The summed E-state index contributed by atoms with van der Waals surface area (Å²) in [6, 6.07) is 0.925. The second-order valence-electron chi connectivity index (χ2n) is 4.23. The van der Waals surface area contributed by atoms with Crippen LogP contribution >= 0.6 is 0 Å². The van der Waals surface area contributed by atoms with Crippen molar-refractivity contribution in [3.8, 4) is 0 Å². The molecule has 2 heteroatoms. The Morgan fingerprint density at radius 3 is 2.54 bits per heavy atom. The van der Waals surface area contributed by atoms with Crippen molar-refractivity contribution in [3.05, 3.63) is 0 Å². The fourth-order valence-electron chi connectivity index (χ4n) is 1.83. The average Bonchev–Trinajstić information content (AvgIpc) is 2.94. The summed E-state index contributed by atoms with van der Waals surface area (Å²) in [6.07, 6.45) is 2.86. The molecule has 1 rings (SSSR count). The monoisotopic (exact) mass is 184 g/mol. The molecule has 1 aliphatic carbocycles. The minimum Gasteiger partial charge on any atom is -0.317 e. The number of hydrogen-bond donors (Lipinski definition) is 1. The van der Waals surface area contributed by atoms with E-state index >= 15 is 0 Å². The number of hydrogen-bond acceptors (Lipinski definition) is 2. The van der Waals surface area contributed by atoms with Crippen molar-refractivity contribution in [2.45, 2.75) is 39.7 Å². The van der Waals surface area contributed by atoms with E-state index < -0.39 is 0 Å². The molecule has 0 radical (unpaired) electrons. The van der Waals surface area contributed by atoms with Gasteiger partial charge < -0.3 is 10.2 Å². The minimum atomic E-state index is 0.792. The lowest BCUT2D eigenvalue weighted by Crippen LogP contribution is -2.34. The summed E-state index contributed by atoms with van der Waals surface area (Å²) >= 11 is 0. The number of nitrogens with zero attached hydrogens (tertiary/aromatic N) is 1. The Bertz CT molecular complexity index is 132. The molecule has 1 fully saturated rings. The largest absolute Gasteiger partial charge is 0.317 e. The lowest BCUT2D eigenvalue weighted by molar-refractivity contribution is 0.236. The van der Waals surface area contributed by atoms with Gasteiger partial charge in [-0.25, -0.2) is 0 Å². The Hall–Kier alpha value is -0.0800. The zero-order valence-corrected chi connectivity index (χ0v) is 9.34. The Kier molecular flexibility index (Phi) is 4.74. The summed E-state index contributed by atoms with van der Waals surface area (Å²) in [6.45, 7) is 11.5. The van der Waals surface area contributed by atoms with Gasteiger partial charge in [-0.1, -0.05) is 20.8 Å². The average molecular weight is 184 g/mol. The van der Waals surface area contributed by atoms with Crippen LogP contribution in [0.5, 0.6) is 0 Å². The standard InChI is InChI=1S/C11H24N2/c1-4-12-8-10(3)9-13(5-2)11-6-7-11/h10-12H,4-9H2,1-3H3. The van der Waals surface area contributed by atoms with Gasteiger partial charge in [-0.3, -0.25) is 0 Å². The highest BCUT2D eigenvalue weighted by Gasteiger charge is 2.28. The van der Waals surface area contributed by atoms with Crippen LogP contribution in [0.25, 0.3) is 0 Å². The normalized spacial score (nSPS) is 19.4. The van der Waals surface area contributed by atoms with Crippen LogP contribution in [0.1, 0.15) is 33.6 Å². The Morgan fingerprint density at radius 2 is 2.08 bits per heavy atom. The molecule has 1 aliphatic rings. The first kappa shape index (κ1) is 11.0. The maximum absolute atomic E-state index is 3.41. The van der Waals surface area contributed by atoms with Crippen molar-refractivity contribution in [1.82, 2.24) is 10.2 Å². The zero-order chi connectivity index (χ0) is 9.68. The van der Waals surface area contributed by atoms with Crippen molar-refractivity contribution in [1.29, 1.82) is 0 Å². The van der Waals surface area contributed by atoms with Gasteiger partial charge in [-0.2, -0.15) is 0 Å². The van der Waals surface area contributed by atoms with Gasteiger partial charge in [0.1, 0.15) is 0 Å². The van der Waals surface area contributed by atoms with Gasteiger partial charge in [0.15, 0.2) is 0 Å². The molecular formula is C11H24N2. The van der Waals surface area contributed by atoms with Crippen LogP contribution < -0.4 is 5.32 Å². The third kappa shape index (κ3) is 4.10. The SMILES string of the molecule is CCNCC(C)CN(CC)C1CC1. The van der Waals surface area contributed by atoms with E-state index in [1.807, 2.05) is 0 Å². The lowest BCUT2D eigenvalue weighted by atomic mass is 10.1. The van der Waals surface area contributed by atoms with Gasteiger partial charge in [0, 0.05) is 12.6 Å². The molecule has 1 saturated carbocycles. The van der Waals surface area contributed by atoms with E-state index in [9.17, 15) is 0 Å². The van der Waals surface area contributed by atoms with Gasteiger partial charge in [-0.05, 0) is 38.4 Å². The van der Waals surface area contributed by atoms with E-state index in [2.05, 4.69) is 31.0 Å². The van der Waals surface area contributed by atoms with Crippen LogP contribution in [0, 0.1) is 5.92 Å². The van der Waals surface area contributed by atoms with Crippen LogP contribution in [0.4, 0.5) is 0 Å². The van der Waals surface area contributed by atoms with Gasteiger partial charge in [0.2, 0.25) is 0 Å². The third-order valence-corrected chi connectivity index (χ3v) is 2.76. The molecule has 2 nitrogen and oxygen atoms in total. The molecule has 0 heterocycles. The van der Waals surface area contributed by atoms with E-state index in [0.717, 1.165) is 18.5 Å². The lowest BCUT2D eigenvalue weighted by Gasteiger charge is -2.24. The summed E-state index contributed by atoms with van der Waals surface area (Å²) in [5, 5.41) is 3.41. The fraction of sp³-hybridized carbons (Fsp3) is 1.00. The topological polar surface area (TPSA) is 15.3 Å². The van der Waals surface area contributed by atoms with Gasteiger partial charge in [0.05, 0.1) is 0 Å². The number of rotatable bonds is 7. The molecule has 0 bridgehead atoms. The predicted octanol–water partition coefficient (Wildman–Crippen LogP) is 1.72. The van der Waals surface area contributed by atoms with Gasteiger partial charge >= 0.3 is 0 Å². The van der Waals surface area contributed by atoms with E-state index in [0.29, 0.717) is 0 Å². The van der Waals surface area contributed by atoms with Crippen LogP contribution in [0.3, 0.4) is 0 Å². The first-order chi connectivity index (χ1) is 6.27. The molecule has 13 heavy (non-hydrogen) atoms. The third-order valence-electron chi connectivity index (χ3n) is 2.76. The van der Waals surface area contributed by atoms with Gasteiger partial charge in [0.25, 0.3) is 0 Å². The Balaban J connectivity index is 2.12. The smallest absolute Gasteiger partial charge is 0.00964 e. The quantitative estimate of drug-likeness (QED) is 0.648.